The fourth-order valence-corrected chi connectivity index (χ4v) is 2.13. The van der Waals surface area contributed by atoms with Gasteiger partial charge in [-0.2, -0.15) is 0 Å². The first-order chi connectivity index (χ1) is 8.38. The summed E-state index contributed by atoms with van der Waals surface area (Å²) in [5, 5.41) is 6.70. The summed E-state index contributed by atoms with van der Waals surface area (Å²) in [7, 11) is 0. The summed E-state index contributed by atoms with van der Waals surface area (Å²) in [5.41, 5.74) is 5.45. The zero-order valence-corrected chi connectivity index (χ0v) is 10.2. The lowest BCUT2D eigenvalue weighted by Crippen LogP contribution is -2.16. The quantitative estimate of drug-likeness (QED) is 0.653. The van der Waals surface area contributed by atoms with Gasteiger partial charge in [-0.15, -0.1) is 0 Å². The molecule has 1 aliphatic carbocycles. The summed E-state index contributed by atoms with van der Waals surface area (Å²) in [4.78, 5) is 8.43. The van der Waals surface area contributed by atoms with Gasteiger partial charge in [0.05, 0.1) is 0 Å². The Morgan fingerprint density at radius 2 is 2.00 bits per heavy atom. The lowest BCUT2D eigenvalue weighted by Gasteiger charge is -2.13. The van der Waals surface area contributed by atoms with Gasteiger partial charge in [-0.05, 0) is 25.8 Å². The van der Waals surface area contributed by atoms with Gasteiger partial charge in [0.2, 0.25) is 0 Å². The molecule has 1 fully saturated rings. The molecule has 5 nitrogen and oxygen atoms in total. The first-order valence-electron chi connectivity index (χ1n) is 6.41. The number of nitrogens with zero attached hydrogens (tertiary/aromatic N) is 2. The number of hydrogen-bond donors (Lipinski definition) is 3. The first kappa shape index (κ1) is 12.1. The van der Waals surface area contributed by atoms with Crippen LogP contribution in [0, 0.1) is 0 Å². The summed E-state index contributed by atoms with van der Waals surface area (Å²) in [6, 6.07) is 2.55. The predicted molar refractivity (Wildman–Crippen MR) is 70.1 cm³/mol. The molecule has 17 heavy (non-hydrogen) atoms. The molecule has 1 heterocycles. The fourth-order valence-electron chi connectivity index (χ4n) is 2.13. The molecule has 4 N–H and O–H groups in total. The van der Waals surface area contributed by atoms with Crippen molar-refractivity contribution in [2.75, 3.05) is 23.7 Å². The van der Waals surface area contributed by atoms with Crippen molar-refractivity contribution >= 4 is 11.6 Å². The average molecular weight is 235 g/mol. The number of aromatic nitrogens is 2. The lowest BCUT2D eigenvalue weighted by atomic mass is 10.2. The summed E-state index contributed by atoms with van der Waals surface area (Å²) in [6.45, 7) is 1.56. The van der Waals surface area contributed by atoms with Gasteiger partial charge in [-0.25, -0.2) is 9.97 Å². The standard InChI is InChI=1S/C12H21N5/c13-6-3-7-14-11-8-12(16-9-15-11)17-10-4-1-2-5-10/h8-10H,1-7,13H2,(H2,14,15,16,17). The van der Waals surface area contributed by atoms with Gasteiger partial charge >= 0.3 is 0 Å². The maximum absolute atomic E-state index is 5.45. The van der Waals surface area contributed by atoms with Crippen molar-refractivity contribution in [3.05, 3.63) is 12.4 Å². The van der Waals surface area contributed by atoms with E-state index < -0.39 is 0 Å². The smallest absolute Gasteiger partial charge is 0.131 e. The minimum atomic E-state index is 0.585. The van der Waals surface area contributed by atoms with E-state index in [1.54, 1.807) is 6.33 Å². The molecule has 0 spiro atoms. The van der Waals surface area contributed by atoms with Crippen LogP contribution in [-0.4, -0.2) is 29.1 Å². The molecule has 0 aromatic carbocycles. The zero-order valence-electron chi connectivity index (χ0n) is 10.2. The molecular formula is C12H21N5. The molecular weight excluding hydrogens is 214 g/mol. The molecule has 1 aromatic rings. The van der Waals surface area contributed by atoms with Gasteiger partial charge in [0.25, 0.3) is 0 Å². The lowest BCUT2D eigenvalue weighted by molar-refractivity contribution is 0.749. The van der Waals surface area contributed by atoms with Gasteiger partial charge in [-0.3, -0.25) is 0 Å². The highest BCUT2D eigenvalue weighted by molar-refractivity contribution is 5.46. The van der Waals surface area contributed by atoms with E-state index >= 15 is 0 Å². The number of rotatable bonds is 6. The summed E-state index contributed by atoms with van der Waals surface area (Å²) < 4.78 is 0. The summed E-state index contributed by atoms with van der Waals surface area (Å²) >= 11 is 0. The molecule has 5 heteroatoms. The number of nitrogens with two attached hydrogens (primary N) is 1. The first-order valence-corrected chi connectivity index (χ1v) is 6.41. The second-order valence-electron chi connectivity index (χ2n) is 4.48. The molecule has 1 aliphatic rings. The second kappa shape index (κ2) is 6.39. The van der Waals surface area contributed by atoms with Crippen molar-refractivity contribution in [2.24, 2.45) is 5.73 Å². The minimum absolute atomic E-state index is 0.585. The van der Waals surface area contributed by atoms with Crippen molar-refractivity contribution in [3.63, 3.8) is 0 Å². The van der Waals surface area contributed by atoms with Crippen LogP contribution in [0.3, 0.4) is 0 Å². The van der Waals surface area contributed by atoms with Crippen LogP contribution < -0.4 is 16.4 Å². The largest absolute Gasteiger partial charge is 0.370 e. The molecule has 2 rings (SSSR count). The van der Waals surface area contributed by atoms with E-state index in [-0.39, 0.29) is 0 Å². The maximum Gasteiger partial charge on any atom is 0.131 e. The predicted octanol–water partition coefficient (Wildman–Crippen LogP) is 1.59. The van der Waals surface area contributed by atoms with Gasteiger partial charge in [-0.1, -0.05) is 12.8 Å². The Balaban J connectivity index is 1.86. The molecule has 1 saturated carbocycles. The van der Waals surface area contributed by atoms with Gasteiger partial charge in [0, 0.05) is 18.7 Å². The molecule has 94 valence electrons. The molecule has 0 aliphatic heterocycles. The number of nitrogens with one attached hydrogen (secondary N) is 2. The molecule has 0 amide bonds. The maximum atomic E-state index is 5.45. The van der Waals surface area contributed by atoms with Crippen LogP contribution in [0.5, 0.6) is 0 Å². The van der Waals surface area contributed by atoms with Crippen LogP contribution in [0.1, 0.15) is 32.1 Å². The third-order valence-corrected chi connectivity index (χ3v) is 3.06. The molecule has 0 bridgehead atoms. The molecule has 0 saturated heterocycles. The number of anilines is 2. The Hall–Kier alpha value is -1.36. The molecule has 0 unspecified atom stereocenters. The van der Waals surface area contributed by atoms with Gasteiger partial charge in [0.1, 0.15) is 18.0 Å². The average Bonchev–Trinajstić information content (AvgIpc) is 2.83. The van der Waals surface area contributed by atoms with E-state index in [0.717, 1.165) is 24.6 Å². The van der Waals surface area contributed by atoms with Crippen molar-refractivity contribution in [2.45, 2.75) is 38.1 Å². The third-order valence-electron chi connectivity index (χ3n) is 3.06. The number of hydrogen-bond acceptors (Lipinski definition) is 5. The van der Waals surface area contributed by atoms with Crippen LogP contribution in [0.2, 0.25) is 0 Å². The Labute approximate surface area is 102 Å². The highest BCUT2D eigenvalue weighted by Crippen LogP contribution is 2.21. The van der Waals surface area contributed by atoms with Crippen LogP contribution >= 0.6 is 0 Å². The summed E-state index contributed by atoms with van der Waals surface area (Å²) in [5.74, 6) is 1.79. The highest BCUT2D eigenvalue weighted by atomic mass is 15.1. The normalized spacial score (nSPS) is 16.1. The zero-order chi connectivity index (χ0) is 11.9. The molecule has 0 radical (unpaired) electrons. The fraction of sp³-hybridized carbons (Fsp3) is 0.667. The third kappa shape index (κ3) is 3.85. The van der Waals surface area contributed by atoms with Gasteiger partial charge in [0.15, 0.2) is 0 Å². The Morgan fingerprint density at radius 1 is 1.24 bits per heavy atom. The van der Waals surface area contributed by atoms with E-state index in [1.165, 1.54) is 25.7 Å². The van der Waals surface area contributed by atoms with Crippen molar-refractivity contribution in [1.82, 2.24) is 9.97 Å². The van der Waals surface area contributed by atoms with Crippen molar-refractivity contribution in [3.8, 4) is 0 Å². The SMILES string of the molecule is NCCCNc1cc(NC2CCCC2)ncn1. The van der Waals surface area contributed by atoms with Crippen LogP contribution in [0.25, 0.3) is 0 Å². The van der Waals surface area contributed by atoms with E-state index in [2.05, 4.69) is 20.6 Å². The highest BCUT2D eigenvalue weighted by Gasteiger charge is 2.14. The van der Waals surface area contributed by atoms with Gasteiger partial charge < -0.3 is 16.4 Å². The Kier molecular flexibility index (Phi) is 4.55. The van der Waals surface area contributed by atoms with E-state index in [1.807, 2.05) is 6.07 Å². The van der Waals surface area contributed by atoms with E-state index in [0.29, 0.717) is 12.6 Å². The van der Waals surface area contributed by atoms with Crippen LogP contribution in [0.4, 0.5) is 11.6 Å². The molecule has 0 atom stereocenters. The minimum Gasteiger partial charge on any atom is -0.370 e. The monoisotopic (exact) mass is 235 g/mol. The van der Waals surface area contributed by atoms with Crippen molar-refractivity contribution < 1.29 is 0 Å². The Bertz CT molecular complexity index is 335. The van der Waals surface area contributed by atoms with E-state index in [4.69, 9.17) is 5.73 Å². The Morgan fingerprint density at radius 3 is 2.76 bits per heavy atom. The second-order valence-corrected chi connectivity index (χ2v) is 4.48. The molecule has 1 aromatic heterocycles. The summed E-state index contributed by atoms with van der Waals surface area (Å²) in [6.07, 6.45) is 7.70. The van der Waals surface area contributed by atoms with Crippen molar-refractivity contribution in [1.29, 1.82) is 0 Å². The topological polar surface area (TPSA) is 75.9 Å². The van der Waals surface area contributed by atoms with E-state index in [9.17, 15) is 0 Å². The van der Waals surface area contributed by atoms with Crippen LogP contribution in [0.15, 0.2) is 12.4 Å². The van der Waals surface area contributed by atoms with Crippen LogP contribution in [-0.2, 0) is 0 Å².